The van der Waals surface area contributed by atoms with Crippen LogP contribution in [-0.4, -0.2) is 8.42 Å². The van der Waals surface area contributed by atoms with Crippen LogP contribution in [0.3, 0.4) is 0 Å². The molecule has 0 amide bonds. The Balaban J connectivity index is 0.00000144. The van der Waals surface area contributed by atoms with Crippen LogP contribution >= 0.6 is 24.0 Å². The monoisotopic (exact) mass is 242 g/mol. The molecule has 0 aliphatic heterocycles. The van der Waals surface area contributed by atoms with E-state index >= 15 is 0 Å². The Hall–Kier alpha value is -0.490. The highest BCUT2D eigenvalue weighted by atomic mass is 35.5. The van der Waals surface area contributed by atoms with Crippen molar-refractivity contribution in [1.82, 2.24) is 0 Å². The van der Waals surface area contributed by atoms with Crippen LogP contribution in [-0.2, 0) is 10.0 Å². The fraction of sp³-hybridized carbons (Fsp3) is 0. The average molecular weight is 243 g/mol. The van der Waals surface area contributed by atoms with Crippen molar-refractivity contribution in [2.75, 3.05) is 5.73 Å². The van der Waals surface area contributed by atoms with Gasteiger partial charge in [0.25, 0.3) is 0 Å². The van der Waals surface area contributed by atoms with Gasteiger partial charge in [0.2, 0.25) is 10.0 Å². The van der Waals surface area contributed by atoms with E-state index in [1.807, 2.05) is 0 Å². The fourth-order valence-corrected chi connectivity index (χ4v) is 1.37. The molecule has 0 aliphatic rings. The second-order valence-corrected chi connectivity index (χ2v) is 4.20. The molecule has 4 N–H and O–H groups in total. The minimum atomic E-state index is -3.68. The smallest absolute Gasteiger partial charge is 0.238 e. The number of anilines is 1. The molecule has 0 saturated heterocycles. The number of hydrogen-bond donors (Lipinski definition) is 2. The number of primary sulfonamides is 1. The molecule has 0 spiro atoms. The van der Waals surface area contributed by atoms with Crippen molar-refractivity contribution in [3.8, 4) is 0 Å². The first-order chi connectivity index (χ1) is 5.41. The van der Waals surface area contributed by atoms with Gasteiger partial charge in [0.15, 0.2) is 0 Å². The lowest BCUT2D eigenvalue weighted by Crippen LogP contribution is -2.12. The highest BCUT2D eigenvalue weighted by Crippen LogP contribution is 2.21. The lowest BCUT2D eigenvalue weighted by atomic mass is 10.3. The van der Waals surface area contributed by atoms with Crippen molar-refractivity contribution in [3.63, 3.8) is 0 Å². The summed E-state index contributed by atoms with van der Waals surface area (Å²) >= 11 is 5.57. The fourth-order valence-electron chi connectivity index (χ4n) is 0.699. The molecule has 0 heterocycles. The summed E-state index contributed by atoms with van der Waals surface area (Å²) in [7, 11) is -3.68. The summed E-state index contributed by atoms with van der Waals surface area (Å²) < 4.78 is 21.6. The van der Waals surface area contributed by atoms with Gasteiger partial charge in [-0.3, -0.25) is 0 Å². The Bertz CT molecular complexity index is 405. The van der Waals surface area contributed by atoms with Crippen LogP contribution in [0.15, 0.2) is 23.1 Å². The highest BCUT2D eigenvalue weighted by Gasteiger charge is 2.08. The van der Waals surface area contributed by atoms with E-state index in [0.29, 0.717) is 5.02 Å². The topological polar surface area (TPSA) is 86.2 Å². The summed E-state index contributed by atoms with van der Waals surface area (Å²) in [5, 5.41) is 5.16. The molecule has 1 rings (SSSR count). The number of nitrogen functional groups attached to an aromatic ring is 1. The van der Waals surface area contributed by atoms with Gasteiger partial charge >= 0.3 is 0 Å². The third-order valence-corrected chi connectivity index (χ3v) is 2.55. The molecule has 0 atom stereocenters. The predicted molar refractivity (Wildman–Crippen MR) is 54.5 cm³/mol. The van der Waals surface area contributed by atoms with Crippen LogP contribution in [0, 0.1) is 0 Å². The Morgan fingerprint density at radius 3 is 2.23 bits per heavy atom. The summed E-state index contributed by atoms with van der Waals surface area (Å²) in [5.41, 5.74) is 5.56. The van der Waals surface area contributed by atoms with E-state index < -0.39 is 10.0 Å². The largest absolute Gasteiger partial charge is 0.397 e. The van der Waals surface area contributed by atoms with Crippen molar-refractivity contribution in [2.24, 2.45) is 5.14 Å². The predicted octanol–water partition coefficient (Wildman–Crippen LogP) is 0.991. The van der Waals surface area contributed by atoms with Gasteiger partial charge in [-0.2, -0.15) is 0 Å². The van der Waals surface area contributed by atoms with Crippen LogP contribution in [0.2, 0.25) is 5.02 Å². The minimum Gasteiger partial charge on any atom is -0.397 e. The molecule has 4 nitrogen and oxygen atoms in total. The number of nitrogens with two attached hydrogens (primary N) is 2. The lowest BCUT2D eigenvalue weighted by Gasteiger charge is -2.00. The molecule has 0 fully saturated rings. The van der Waals surface area contributed by atoms with Crippen molar-refractivity contribution < 1.29 is 8.42 Å². The van der Waals surface area contributed by atoms with Crippen molar-refractivity contribution in [1.29, 1.82) is 0 Å². The van der Waals surface area contributed by atoms with Gasteiger partial charge in [-0.15, -0.1) is 12.4 Å². The SMILES string of the molecule is Cl.Nc1cc(S(N)(=O)=O)ccc1Cl. The Kier molecular flexibility index (Phi) is 3.99. The van der Waals surface area contributed by atoms with E-state index in [1.165, 1.54) is 18.2 Å². The van der Waals surface area contributed by atoms with Crippen molar-refractivity contribution >= 4 is 39.7 Å². The maximum Gasteiger partial charge on any atom is 0.238 e. The second-order valence-electron chi connectivity index (χ2n) is 2.23. The summed E-state index contributed by atoms with van der Waals surface area (Å²) in [6, 6.07) is 3.91. The first kappa shape index (κ1) is 12.5. The van der Waals surface area contributed by atoms with Gasteiger partial charge in [-0.05, 0) is 18.2 Å². The molecule has 1 aromatic rings. The normalized spacial score (nSPS) is 10.6. The maximum atomic E-state index is 10.8. The van der Waals surface area contributed by atoms with Gasteiger partial charge in [0.05, 0.1) is 15.6 Å². The molecule has 13 heavy (non-hydrogen) atoms. The maximum absolute atomic E-state index is 10.8. The van der Waals surface area contributed by atoms with Gasteiger partial charge < -0.3 is 5.73 Å². The number of hydrogen-bond acceptors (Lipinski definition) is 3. The van der Waals surface area contributed by atoms with E-state index in [1.54, 1.807) is 0 Å². The minimum absolute atomic E-state index is 0. The van der Waals surface area contributed by atoms with Gasteiger partial charge in [0, 0.05) is 0 Å². The zero-order chi connectivity index (χ0) is 9.35. The number of sulfonamides is 1. The Labute approximate surface area is 87.3 Å². The van der Waals surface area contributed by atoms with Gasteiger partial charge in [-0.25, -0.2) is 13.6 Å². The van der Waals surface area contributed by atoms with Gasteiger partial charge in [-0.1, -0.05) is 11.6 Å². The third kappa shape index (κ3) is 3.04. The Morgan fingerprint density at radius 1 is 1.31 bits per heavy atom. The first-order valence-corrected chi connectivity index (χ1v) is 4.91. The lowest BCUT2D eigenvalue weighted by molar-refractivity contribution is 0.598. The van der Waals surface area contributed by atoms with Crippen LogP contribution in [0.1, 0.15) is 0 Å². The molecule has 7 heteroatoms. The zero-order valence-electron chi connectivity index (χ0n) is 6.40. The van der Waals surface area contributed by atoms with Crippen molar-refractivity contribution in [2.45, 2.75) is 4.90 Å². The summed E-state index contributed by atoms with van der Waals surface area (Å²) in [6.45, 7) is 0. The van der Waals surface area contributed by atoms with E-state index in [2.05, 4.69) is 0 Å². The molecular weight excluding hydrogens is 235 g/mol. The molecule has 74 valence electrons. The second kappa shape index (κ2) is 4.15. The number of halogens is 2. The number of benzene rings is 1. The van der Waals surface area contributed by atoms with Gasteiger partial charge in [0.1, 0.15) is 0 Å². The Morgan fingerprint density at radius 2 is 1.85 bits per heavy atom. The average Bonchev–Trinajstić information content (AvgIpc) is 1.92. The molecule has 0 saturated carbocycles. The van der Waals surface area contributed by atoms with E-state index in [0.717, 1.165) is 0 Å². The van der Waals surface area contributed by atoms with Crippen LogP contribution < -0.4 is 10.9 Å². The molecule has 0 radical (unpaired) electrons. The molecule has 0 aromatic heterocycles. The molecule has 0 aliphatic carbocycles. The van der Waals surface area contributed by atoms with Crippen molar-refractivity contribution in [3.05, 3.63) is 23.2 Å². The van der Waals surface area contributed by atoms with Crippen LogP contribution in [0.5, 0.6) is 0 Å². The molecule has 1 aromatic carbocycles. The number of rotatable bonds is 1. The van der Waals surface area contributed by atoms with E-state index in [-0.39, 0.29) is 23.0 Å². The standard InChI is InChI=1S/C6H7ClN2O2S.ClH/c7-5-2-1-4(3-6(5)8)12(9,10)11;/h1-3H,8H2,(H2,9,10,11);1H. The van der Waals surface area contributed by atoms with Crippen LogP contribution in [0.25, 0.3) is 0 Å². The zero-order valence-corrected chi connectivity index (χ0v) is 8.79. The summed E-state index contributed by atoms with van der Waals surface area (Å²) in [6.07, 6.45) is 0. The summed E-state index contributed by atoms with van der Waals surface area (Å²) in [4.78, 5) is -0.0376. The quantitative estimate of drug-likeness (QED) is 0.721. The summed E-state index contributed by atoms with van der Waals surface area (Å²) in [5.74, 6) is 0. The van der Waals surface area contributed by atoms with Crippen LogP contribution in [0.4, 0.5) is 5.69 Å². The highest BCUT2D eigenvalue weighted by molar-refractivity contribution is 7.89. The molecule has 0 unspecified atom stereocenters. The first-order valence-electron chi connectivity index (χ1n) is 2.99. The third-order valence-electron chi connectivity index (χ3n) is 1.30. The molecule has 0 bridgehead atoms. The molecular formula is C6H8Cl2N2O2S. The van der Waals surface area contributed by atoms with E-state index in [9.17, 15) is 8.42 Å². The van der Waals surface area contributed by atoms with E-state index in [4.69, 9.17) is 22.5 Å².